The van der Waals surface area contributed by atoms with E-state index in [0.29, 0.717) is 13.2 Å². The van der Waals surface area contributed by atoms with Crippen molar-refractivity contribution in [3.05, 3.63) is 0 Å². The van der Waals surface area contributed by atoms with Crippen LogP contribution in [0.2, 0.25) is 0 Å². The second-order valence-electron chi connectivity index (χ2n) is 5.50. The molecule has 2 atom stereocenters. The van der Waals surface area contributed by atoms with Crippen molar-refractivity contribution in [3.8, 4) is 0 Å². The van der Waals surface area contributed by atoms with Gasteiger partial charge in [-0.3, -0.25) is 9.69 Å². The van der Waals surface area contributed by atoms with Crippen LogP contribution in [0.15, 0.2) is 0 Å². The maximum absolute atomic E-state index is 11.2. The minimum absolute atomic E-state index is 0.0728. The predicted molar refractivity (Wildman–Crippen MR) is 76.4 cm³/mol. The molecule has 2 unspecified atom stereocenters. The molecule has 19 heavy (non-hydrogen) atoms. The van der Waals surface area contributed by atoms with Crippen molar-refractivity contribution in [2.75, 3.05) is 26.3 Å². The van der Waals surface area contributed by atoms with Gasteiger partial charge in [-0.1, -0.05) is 39.5 Å². The normalized spacial score (nSPS) is 23.1. The van der Waals surface area contributed by atoms with Gasteiger partial charge in [-0.05, 0) is 25.9 Å². The van der Waals surface area contributed by atoms with E-state index in [1.807, 2.05) is 0 Å². The summed E-state index contributed by atoms with van der Waals surface area (Å²) in [6.45, 7) is 7.30. The molecule has 1 aliphatic rings. The van der Waals surface area contributed by atoms with E-state index in [-0.39, 0.29) is 12.0 Å². The highest BCUT2D eigenvalue weighted by Gasteiger charge is 2.37. The summed E-state index contributed by atoms with van der Waals surface area (Å²) in [6.07, 6.45) is 7.34. The quantitative estimate of drug-likeness (QED) is 0.621. The lowest BCUT2D eigenvalue weighted by atomic mass is 10.0. The molecule has 0 aromatic heterocycles. The fraction of sp³-hybridized carbons (Fsp3) is 0.933. The Morgan fingerprint density at radius 1 is 1.11 bits per heavy atom. The maximum atomic E-state index is 11.2. The van der Waals surface area contributed by atoms with Gasteiger partial charge in [0.25, 0.3) is 0 Å². The number of hydrogen-bond donors (Lipinski definition) is 1. The molecular formula is C15H29NO3. The predicted octanol–water partition coefficient (Wildman–Crippen LogP) is 2.77. The van der Waals surface area contributed by atoms with E-state index in [2.05, 4.69) is 18.7 Å². The lowest BCUT2D eigenvalue weighted by molar-refractivity contribution is -0.143. The number of hydrogen-bond acceptors (Lipinski definition) is 3. The molecule has 1 rings (SSSR count). The Kier molecular flexibility index (Phi) is 8.07. The molecule has 0 radical (unpaired) electrons. The van der Waals surface area contributed by atoms with Crippen molar-refractivity contribution >= 4 is 5.97 Å². The first-order valence-electron chi connectivity index (χ1n) is 7.75. The van der Waals surface area contributed by atoms with Crippen LogP contribution in [0.4, 0.5) is 0 Å². The van der Waals surface area contributed by atoms with Gasteiger partial charge in [0.1, 0.15) is 0 Å². The van der Waals surface area contributed by atoms with Gasteiger partial charge in [0, 0.05) is 6.04 Å². The van der Waals surface area contributed by atoms with E-state index in [1.54, 1.807) is 0 Å². The van der Waals surface area contributed by atoms with Crippen LogP contribution in [0.25, 0.3) is 0 Å². The molecular weight excluding hydrogens is 242 g/mol. The van der Waals surface area contributed by atoms with Crippen molar-refractivity contribution < 1.29 is 14.6 Å². The molecule has 0 aromatic carbocycles. The van der Waals surface area contributed by atoms with Crippen molar-refractivity contribution in [2.24, 2.45) is 5.92 Å². The second-order valence-corrected chi connectivity index (χ2v) is 5.50. The Hall–Kier alpha value is -0.610. The lowest BCUT2D eigenvalue weighted by Gasteiger charge is -2.30. The van der Waals surface area contributed by atoms with E-state index in [9.17, 15) is 9.90 Å². The first-order chi connectivity index (χ1) is 9.20. The largest absolute Gasteiger partial charge is 0.481 e. The van der Waals surface area contributed by atoms with Gasteiger partial charge in [-0.25, -0.2) is 0 Å². The van der Waals surface area contributed by atoms with E-state index < -0.39 is 5.97 Å². The van der Waals surface area contributed by atoms with Crippen LogP contribution in [0, 0.1) is 5.92 Å². The van der Waals surface area contributed by atoms with Crippen LogP contribution in [0.5, 0.6) is 0 Å². The molecule has 1 fully saturated rings. The highest BCUT2D eigenvalue weighted by Crippen LogP contribution is 2.21. The molecule has 4 heteroatoms. The monoisotopic (exact) mass is 271 g/mol. The number of ether oxygens (including phenoxy) is 1. The van der Waals surface area contributed by atoms with Crippen LogP contribution in [0.3, 0.4) is 0 Å². The number of carboxylic acids is 1. The zero-order valence-electron chi connectivity index (χ0n) is 12.4. The van der Waals surface area contributed by atoms with Crippen LogP contribution >= 0.6 is 0 Å². The van der Waals surface area contributed by atoms with Gasteiger partial charge >= 0.3 is 5.97 Å². The molecule has 0 saturated carbocycles. The molecule has 0 aromatic rings. The average molecular weight is 271 g/mol. The highest BCUT2D eigenvalue weighted by atomic mass is 16.5. The first kappa shape index (κ1) is 16.4. The highest BCUT2D eigenvalue weighted by molar-refractivity contribution is 5.71. The molecule has 1 aliphatic heterocycles. The Morgan fingerprint density at radius 2 is 1.84 bits per heavy atom. The van der Waals surface area contributed by atoms with Gasteiger partial charge in [-0.15, -0.1) is 0 Å². The van der Waals surface area contributed by atoms with E-state index >= 15 is 0 Å². The number of carbonyl (C=O) groups is 1. The number of aliphatic carboxylic acids is 1. The molecule has 1 saturated heterocycles. The zero-order chi connectivity index (χ0) is 14.1. The molecule has 0 bridgehead atoms. The average Bonchev–Trinajstić information content (AvgIpc) is 2.86. The Labute approximate surface area is 117 Å². The van der Waals surface area contributed by atoms with Crippen LogP contribution in [-0.2, 0) is 9.53 Å². The summed E-state index contributed by atoms with van der Waals surface area (Å²) in [6, 6.07) is 0.0728. The summed E-state index contributed by atoms with van der Waals surface area (Å²) >= 11 is 0. The third-order valence-corrected chi connectivity index (χ3v) is 3.90. The second kappa shape index (κ2) is 9.32. The summed E-state index contributed by atoms with van der Waals surface area (Å²) in [5.41, 5.74) is 0. The molecule has 4 nitrogen and oxygen atoms in total. The topological polar surface area (TPSA) is 49.8 Å². The SMILES string of the molecule is CCCCCCCN(CCC)C1COCC1C(=O)O. The Balaban J connectivity index is 2.40. The Morgan fingerprint density at radius 3 is 2.47 bits per heavy atom. The van der Waals surface area contributed by atoms with Gasteiger partial charge in [0.05, 0.1) is 19.1 Å². The minimum Gasteiger partial charge on any atom is -0.481 e. The van der Waals surface area contributed by atoms with E-state index in [1.165, 1.54) is 32.1 Å². The zero-order valence-corrected chi connectivity index (χ0v) is 12.4. The fourth-order valence-electron chi connectivity index (χ4n) is 2.79. The van der Waals surface area contributed by atoms with Crippen molar-refractivity contribution in [1.29, 1.82) is 0 Å². The molecule has 1 N–H and O–H groups in total. The molecule has 1 heterocycles. The van der Waals surface area contributed by atoms with Gasteiger partial charge in [0.2, 0.25) is 0 Å². The standard InChI is InChI=1S/C15H29NO3/c1-3-5-6-7-8-10-16(9-4-2)14-12-19-11-13(14)15(17)18/h13-14H,3-12H2,1-2H3,(H,17,18). The van der Waals surface area contributed by atoms with Gasteiger partial charge in [0.15, 0.2) is 0 Å². The summed E-state index contributed by atoms with van der Waals surface area (Å²) in [4.78, 5) is 13.6. The van der Waals surface area contributed by atoms with Gasteiger partial charge < -0.3 is 9.84 Å². The summed E-state index contributed by atoms with van der Waals surface area (Å²) in [7, 11) is 0. The van der Waals surface area contributed by atoms with Crippen LogP contribution in [0.1, 0.15) is 52.4 Å². The summed E-state index contributed by atoms with van der Waals surface area (Å²) in [5, 5.41) is 9.24. The molecule has 0 aliphatic carbocycles. The third kappa shape index (κ3) is 5.49. The van der Waals surface area contributed by atoms with E-state index in [4.69, 9.17) is 4.74 Å². The van der Waals surface area contributed by atoms with Crippen molar-refractivity contribution in [1.82, 2.24) is 4.90 Å². The first-order valence-corrected chi connectivity index (χ1v) is 7.75. The third-order valence-electron chi connectivity index (χ3n) is 3.90. The molecule has 0 spiro atoms. The number of unbranched alkanes of at least 4 members (excludes halogenated alkanes) is 4. The maximum Gasteiger partial charge on any atom is 0.310 e. The minimum atomic E-state index is -0.713. The smallest absolute Gasteiger partial charge is 0.310 e. The van der Waals surface area contributed by atoms with Crippen molar-refractivity contribution in [2.45, 2.75) is 58.4 Å². The number of nitrogens with zero attached hydrogens (tertiary/aromatic N) is 1. The van der Waals surface area contributed by atoms with Gasteiger partial charge in [-0.2, -0.15) is 0 Å². The Bertz CT molecular complexity index is 258. The number of rotatable bonds is 10. The summed E-state index contributed by atoms with van der Waals surface area (Å²) < 4.78 is 5.38. The molecule has 0 amide bonds. The lowest BCUT2D eigenvalue weighted by Crippen LogP contribution is -2.44. The molecule has 112 valence electrons. The van der Waals surface area contributed by atoms with Crippen LogP contribution < -0.4 is 0 Å². The number of carboxylic acid groups (broad SMARTS) is 1. The van der Waals surface area contributed by atoms with Crippen LogP contribution in [-0.4, -0.2) is 48.3 Å². The van der Waals surface area contributed by atoms with Crippen molar-refractivity contribution in [3.63, 3.8) is 0 Å². The summed E-state index contributed by atoms with van der Waals surface area (Å²) in [5.74, 6) is -1.06. The van der Waals surface area contributed by atoms with E-state index in [0.717, 1.165) is 19.5 Å². The fourth-order valence-corrected chi connectivity index (χ4v) is 2.79.